The van der Waals surface area contributed by atoms with Crippen LogP contribution in [0.4, 0.5) is 0 Å². The number of hydrogen-bond acceptors (Lipinski definition) is 1. The molecule has 0 spiro atoms. The predicted molar refractivity (Wildman–Crippen MR) is 111 cm³/mol. The topological polar surface area (TPSA) is 9.23 Å². The van der Waals surface area contributed by atoms with Crippen molar-refractivity contribution in [3.63, 3.8) is 0 Å². The van der Waals surface area contributed by atoms with Crippen LogP contribution in [-0.2, 0) is 5.41 Å². The van der Waals surface area contributed by atoms with Crippen LogP contribution in [0.1, 0.15) is 85.6 Å². The monoisotopic (exact) mass is 440 g/mol. The zero-order valence-electron chi connectivity index (χ0n) is 17.1. The van der Waals surface area contributed by atoms with Gasteiger partial charge in [-0.15, -0.1) is 0 Å². The van der Waals surface area contributed by atoms with Crippen molar-refractivity contribution in [2.45, 2.75) is 98.8 Å². The summed E-state index contributed by atoms with van der Waals surface area (Å²) in [5, 5.41) is 0. The van der Waals surface area contributed by atoms with E-state index in [-0.39, 0.29) is 5.41 Å². The molecule has 24 heavy (non-hydrogen) atoms. The second-order valence-corrected chi connectivity index (χ2v) is 20.0. The van der Waals surface area contributed by atoms with Crippen LogP contribution in [0.25, 0.3) is 0 Å². The van der Waals surface area contributed by atoms with E-state index in [0.717, 1.165) is 5.75 Å². The van der Waals surface area contributed by atoms with Crippen molar-refractivity contribution in [2.24, 2.45) is 0 Å². The van der Waals surface area contributed by atoms with Crippen LogP contribution in [-0.4, -0.2) is 18.8 Å². The van der Waals surface area contributed by atoms with Crippen molar-refractivity contribution in [3.8, 4) is 5.75 Å². The molecule has 1 aromatic rings. The summed E-state index contributed by atoms with van der Waals surface area (Å²) in [5.74, 6) is 1.14. The first-order valence-electron chi connectivity index (χ1n) is 10.2. The minimum absolute atomic E-state index is 0.214. The maximum absolute atomic E-state index is 6.89. The standard InChI is InChI=1S/C10H14O.3C4H9.Sn/c1-10(2,3)8-4-6-9(11)7-5-8;3*1-3-4-2;/h4-7,11H,1-3H3;3*1,3-4H2,2H3;/q;;;;+1/p-1. The van der Waals surface area contributed by atoms with Crippen LogP contribution in [0.15, 0.2) is 24.3 Å². The molecule has 0 aliphatic heterocycles. The van der Waals surface area contributed by atoms with E-state index in [0.29, 0.717) is 0 Å². The molecule has 0 aromatic heterocycles. The number of benzene rings is 1. The Hall–Kier alpha value is -0.181. The molecule has 0 radical (unpaired) electrons. The summed E-state index contributed by atoms with van der Waals surface area (Å²) >= 11 is -2.53. The number of rotatable bonds is 11. The van der Waals surface area contributed by atoms with E-state index in [2.05, 4.69) is 65.8 Å². The van der Waals surface area contributed by atoms with E-state index in [1.807, 2.05) is 0 Å². The quantitative estimate of drug-likeness (QED) is 0.321. The summed E-state index contributed by atoms with van der Waals surface area (Å²) in [6.07, 6.45) is 7.94. The van der Waals surface area contributed by atoms with Crippen molar-refractivity contribution in [1.82, 2.24) is 0 Å². The third-order valence-electron chi connectivity index (χ3n) is 5.01. The molecule has 2 heteroatoms. The normalized spacial score (nSPS) is 12.4. The third kappa shape index (κ3) is 7.37. The van der Waals surface area contributed by atoms with Crippen molar-refractivity contribution < 1.29 is 3.07 Å². The fourth-order valence-corrected chi connectivity index (χ4v) is 16.7. The summed E-state index contributed by atoms with van der Waals surface area (Å²) in [7, 11) is 0. The Morgan fingerprint density at radius 3 is 1.50 bits per heavy atom. The molecule has 1 rings (SSSR count). The molecule has 0 N–H and O–H groups in total. The molecule has 0 atom stereocenters. The van der Waals surface area contributed by atoms with E-state index in [1.54, 1.807) is 0 Å². The summed E-state index contributed by atoms with van der Waals surface area (Å²) in [4.78, 5) is 0. The van der Waals surface area contributed by atoms with Gasteiger partial charge in [0.25, 0.3) is 0 Å². The maximum atomic E-state index is 6.89. The molecule has 0 bridgehead atoms. The summed E-state index contributed by atoms with van der Waals surface area (Å²) in [6.45, 7) is 13.8. The van der Waals surface area contributed by atoms with Crippen LogP contribution in [0, 0.1) is 0 Å². The van der Waals surface area contributed by atoms with Gasteiger partial charge in [-0.05, 0) is 0 Å². The van der Waals surface area contributed by atoms with E-state index in [9.17, 15) is 0 Å². The van der Waals surface area contributed by atoms with Gasteiger partial charge < -0.3 is 0 Å². The molecule has 1 aromatic carbocycles. The van der Waals surface area contributed by atoms with Gasteiger partial charge in [-0.1, -0.05) is 0 Å². The van der Waals surface area contributed by atoms with Gasteiger partial charge in [-0.2, -0.15) is 0 Å². The van der Waals surface area contributed by atoms with Crippen LogP contribution >= 0.6 is 0 Å². The van der Waals surface area contributed by atoms with Crippen LogP contribution in [0.3, 0.4) is 0 Å². The van der Waals surface area contributed by atoms with Gasteiger partial charge in [-0.25, -0.2) is 0 Å². The van der Waals surface area contributed by atoms with Gasteiger partial charge in [-0.3, -0.25) is 0 Å². The Kier molecular flexibility index (Phi) is 9.77. The van der Waals surface area contributed by atoms with E-state index in [4.69, 9.17) is 3.07 Å². The fourth-order valence-electron chi connectivity index (χ4n) is 3.30. The molecular weight excluding hydrogens is 399 g/mol. The van der Waals surface area contributed by atoms with Gasteiger partial charge in [0.2, 0.25) is 0 Å². The van der Waals surface area contributed by atoms with Gasteiger partial charge >= 0.3 is 156 Å². The summed E-state index contributed by atoms with van der Waals surface area (Å²) in [5.41, 5.74) is 1.61. The van der Waals surface area contributed by atoms with E-state index >= 15 is 0 Å². The molecule has 0 amide bonds. The van der Waals surface area contributed by atoms with Crippen molar-refractivity contribution in [3.05, 3.63) is 29.8 Å². The first-order valence-corrected chi connectivity index (χ1v) is 17.4. The zero-order chi connectivity index (χ0) is 18.1. The Morgan fingerprint density at radius 2 is 1.17 bits per heavy atom. The molecule has 0 aliphatic rings. The van der Waals surface area contributed by atoms with E-state index < -0.39 is 18.8 Å². The summed E-state index contributed by atoms with van der Waals surface area (Å²) in [6, 6.07) is 9.00. The molecule has 0 heterocycles. The molecule has 1 nitrogen and oxygen atoms in total. The Balaban J connectivity index is 2.95. The van der Waals surface area contributed by atoms with Crippen molar-refractivity contribution in [2.75, 3.05) is 0 Å². The van der Waals surface area contributed by atoms with E-state index in [1.165, 1.54) is 57.4 Å². The van der Waals surface area contributed by atoms with Gasteiger partial charge in [0, 0.05) is 0 Å². The fraction of sp³-hybridized carbons (Fsp3) is 0.727. The average molecular weight is 439 g/mol. The summed E-state index contributed by atoms with van der Waals surface area (Å²) < 4.78 is 11.1. The number of unbranched alkanes of at least 4 members (excludes halogenated alkanes) is 3. The molecule has 0 aliphatic carbocycles. The third-order valence-corrected chi connectivity index (χ3v) is 17.8. The Labute approximate surface area is 156 Å². The van der Waals surface area contributed by atoms with Crippen molar-refractivity contribution in [1.29, 1.82) is 0 Å². The van der Waals surface area contributed by atoms with Gasteiger partial charge in [0.05, 0.1) is 0 Å². The molecule has 138 valence electrons. The molecule has 0 unspecified atom stereocenters. The van der Waals surface area contributed by atoms with Gasteiger partial charge in [0.1, 0.15) is 0 Å². The van der Waals surface area contributed by atoms with Gasteiger partial charge in [0.15, 0.2) is 0 Å². The average Bonchev–Trinajstić information content (AvgIpc) is 2.56. The number of hydrogen-bond donors (Lipinski definition) is 0. The Bertz CT molecular complexity index is 422. The predicted octanol–water partition coefficient (Wildman–Crippen LogP) is 7.71. The molecule has 0 saturated carbocycles. The first-order chi connectivity index (χ1) is 11.4. The van der Waals surface area contributed by atoms with Crippen LogP contribution in [0.5, 0.6) is 5.75 Å². The second-order valence-electron chi connectivity index (χ2n) is 8.37. The molecular formula is C22H40OSn. The second kappa shape index (κ2) is 10.7. The Morgan fingerprint density at radius 1 is 0.750 bits per heavy atom. The van der Waals surface area contributed by atoms with Crippen molar-refractivity contribution >= 4 is 18.8 Å². The van der Waals surface area contributed by atoms with Crippen LogP contribution in [0.2, 0.25) is 13.3 Å². The molecule has 0 fully saturated rings. The minimum atomic E-state index is -2.53. The first kappa shape index (κ1) is 21.9. The zero-order valence-corrected chi connectivity index (χ0v) is 19.9. The molecule has 0 saturated heterocycles. The van der Waals surface area contributed by atoms with Crippen LogP contribution < -0.4 is 3.07 Å². The SMILES string of the molecule is CCC[CH2][Sn]([CH2]CCC)([CH2]CCC)[O]c1ccc(C(C)(C)C)cc1.